The molecule has 0 radical (unpaired) electrons. The number of amides is 2. The van der Waals surface area contributed by atoms with Crippen molar-refractivity contribution in [2.45, 2.75) is 44.8 Å². The maximum absolute atomic E-state index is 13.5. The number of unbranched alkanes of at least 4 members (excludes halogenated alkanes) is 2. The van der Waals surface area contributed by atoms with Gasteiger partial charge >= 0.3 is 18.1 Å². The van der Waals surface area contributed by atoms with Crippen molar-refractivity contribution in [1.29, 1.82) is 0 Å². The molecule has 0 unspecified atom stereocenters. The zero-order valence-electron chi connectivity index (χ0n) is 22.8. The number of halogens is 3. The highest BCUT2D eigenvalue weighted by Crippen LogP contribution is 2.31. The third-order valence-corrected chi connectivity index (χ3v) is 6.71. The highest BCUT2D eigenvalue weighted by atomic mass is 19.4. The van der Waals surface area contributed by atoms with E-state index in [-0.39, 0.29) is 31.3 Å². The molecule has 0 saturated heterocycles. The van der Waals surface area contributed by atoms with Crippen molar-refractivity contribution in [2.24, 2.45) is 5.73 Å². The summed E-state index contributed by atoms with van der Waals surface area (Å²) in [5, 5.41) is 18.4. The van der Waals surface area contributed by atoms with Crippen LogP contribution in [0.15, 0.2) is 60.7 Å². The van der Waals surface area contributed by atoms with E-state index in [4.69, 9.17) is 20.7 Å². The van der Waals surface area contributed by atoms with Crippen molar-refractivity contribution in [3.63, 3.8) is 0 Å². The number of alkyl halides is 3. The van der Waals surface area contributed by atoms with Gasteiger partial charge in [-0.05, 0) is 59.8 Å². The molecule has 0 spiro atoms. The molecule has 42 heavy (non-hydrogen) atoms. The number of hydrogen-bond acceptors (Lipinski definition) is 5. The number of hydrogen-bond donors (Lipinski definition) is 3. The van der Waals surface area contributed by atoms with Crippen LogP contribution in [-0.4, -0.2) is 64.7 Å². The summed E-state index contributed by atoms with van der Waals surface area (Å²) in [6.07, 6.45) is -1.55. The van der Waals surface area contributed by atoms with Crippen LogP contribution in [0.2, 0.25) is 0 Å². The average Bonchev–Trinajstić information content (AvgIpc) is 3.04. The molecule has 1 aliphatic rings. The molecule has 2 amide bonds. The molecule has 1 heterocycles. The van der Waals surface area contributed by atoms with Gasteiger partial charge in [-0.2, -0.15) is 13.2 Å². The van der Waals surface area contributed by atoms with E-state index in [1.54, 1.807) is 4.90 Å². The zero-order chi connectivity index (χ0) is 30.9. The number of fused-ring (bicyclic) bond motifs is 2. The number of carbonyl (C=O) groups excluding carboxylic acids is 2. The van der Waals surface area contributed by atoms with E-state index in [1.807, 2.05) is 60.7 Å². The third-order valence-electron chi connectivity index (χ3n) is 6.71. The molecule has 0 bridgehead atoms. The summed E-state index contributed by atoms with van der Waals surface area (Å²) >= 11 is 0. The van der Waals surface area contributed by atoms with Gasteiger partial charge in [0.15, 0.2) is 0 Å². The van der Waals surface area contributed by atoms with Crippen LogP contribution >= 0.6 is 0 Å². The van der Waals surface area contributed by atoms with E-state index in [0.29, 0.717) is 24.3 Å². The van der Waals surface area contributed by atoms with Crippen LogP contribution < -0.4 is 10.6 Å². The first-order valence-corrected chi connectivity index (χ1v) is 13.3. The van der Waals surface area contributed by atoms with Crippen LogP contribution in [0.25, 0.3) is 10.8 Å². The summed E-state index contributed by atoms with van der Waals surface area (Å²) in [6.45, 7) is 0.815. The van der Waals surface area contributed by atoms with Gasteiger partial charge in [-0.15, -0.1) is 0 Å². The summed E-state index contributed by atoms with van der Waals surface area (Å²) in [6, 6.07) is 19.7. The lowest BCUT2D eigenvalue weighted by Gasteiger charge is -2.24. The summed E-state index contributed by atoms with van der Waals surface area (Å²) in [7, 11) is 0. The lowest BCUT2D eigenvalue weighted by molar-refractivity contribution is -0.192. The number of aryl methyl sites for hydroxylation is 1. The molecule has 0 aliphatic carbocycles. The summed E-state index contributed by atoms with van der Waals surface area (Å²) in [5.74, 6) is -4.30. The van der Waals surface area contributed by atoms with Crippen LogP contribution in [0.5, 0.6) is 0 Å². The van der Waals surface area contributed by atoms with Gasteiger partial charge in [0.25, 0.3) is 5.91 Å². The fourth-order valence-corrected chi connectivity index (χ4v) is 4.61. The first-order chi connectivity index (χ1) is 19.9. The normalized spacial score (nSPS) is 13.3. The molecule has 4 N–H and O–H groups in total. The maximum Gasteiger partial charge on any atom is 0.490 e. The van der Waals surface area contributed by atoms with Crippen molar-refractivity contribution in [2.75, 3.05) is 24.5 Å². The summed E-state index contributed by atoms with van der Waals surface area (Å²) < 4.78 is 31.7. The Labute approximate surface area is 240 Å². The molecule has 9 nitrogen and oxygen atoms in total. The fourth-order valence-electron chi connectivity index (χ4n) is 4.61. The Kier molecular flexibility index (Phi) is 11.0. The van der Waals surface area contributed by atoms with Crippen molar-refractivity contribution in [3.8, 4) is 0 Å². The Hall–Kier alpha value is -4.45. The molecule has 1 aliphatic heterocycles. The SMILES string of the molecule is NCCCCCc1ccc2c(c1)C(=O)N(CCC(=O)O)CC(=O)N2Cc1cccc2ccccc12.O=C(O)C(F)(F)F. The molecule has 0 atom stereocenters. The number of carbonyl (C=O) groups is 4. The van der Waals surface area contributed by atoms with E-state index < -0.39 is 18.1 Å². The number of benzene rings is 3. The number of rotatable bonds is 10. The van der Waals surface area contributed by atoms with Gasteiger partial charge < -0.3 is 25.7 Å². The molecular formula is C30H32F3N3O6. The van der Waals surface area contributed by atoms with Crippen molar-refractivity contribution in [3.05, 3.63) is 77.4 Å². The van der Waals surface area contributed by atoms with Gasteiger partial charge in [0.2, 0.25) is 5.91 Å². The minimum absolute atomic E-state index is 0.0117. The van der Waals surface area contributed by atoms with Crippen LogP contribution in [0.4, 0.5) is 18.9 Å². The molecule has 0 fully saturated rings. The molecule has 4 rings (SSSR count). The minimum atomic E-state index is -5.08. The Morgan fingerprint density at radius 1 is 0.929 bits per heavy atom. The molecule has 224 valence electrons. The number of nitrogens with zero attached hydrogens (tertiary/aromatic N) is 2. The third kappa shape index (κ3) is 8.53. The molecule has 3 aromatic rings. The Morgan fingerprint density at radius 3 is 2.29 bits per heavy atom. The number of aliphatic carboxylic acids is 2. The zero-order valence-corrected chi connectivity index (χ0v) is 22.8. The largest absolute Gasteiger partial charge is 0.490 e. The van der Waals surface area contributed by atoms with E-state index in [9.17, 15) is 27.6 Å². The van der Waals surface area contributed by atoms with Gasteiger partial charge in [-0.3, -0.25) is 14.4 Å². The van der Waals surface area contributed by atoms with Crippen LogP contribution in [0.3, 0.4) is 0 Å². The van der Waals surface area contributed by atoms with Gasteiger partial charge in [-0.25, -0.2) is 4.79 Å². The van der Waals surface area contributed by atoms with Gasteiger partial charge in [0.05, 0.1) is 24.2 Å². The predicted octanol–water partition coefficient (Wildman–Crippen LogP) is 4.61. The first-order valence-electron chi connectivity index (χ1n) is 13.3. The summed E-state index contributed by atoms with van der Waals surface area (Å²) in [5.41, 5.74) is 8.61. The Balaban J connectivity index is 0.000000616. The number of carboxylic acids is 2. The smallest absolute Gasteiger partial charge is 0.481 e. The van der Waals surface area contributed by atoms with Crippen LogP contribution in [-0.2, 0) is 27.3 Å². The summed E-state index contributed by atoms with van der Waals surface area (Å²) in [4.78, 5) is 50.0. The lowest BCUT2D eigenvalue weighted by Crippen LogP contribution is -2.40. The van der Waals surface area contributed by atoms with E-state index >= 15 is 0 Å². The highest BCUT2D eigenvalue weighted by molar-refractivity contribution is 6.10. The average molecular weight is 588 g/mol. The Bertz CT molecular complexity index is 1440. The van der Waals surface area contributed by atoms with Crippen LogP contribution in [0, 0.1) is 0 Å². The standard InChI is InChI=1S/C28H31N3O4.C2HF3O2/c29-15-5-1-2-7-20-12-13-25-24(17-20)28(35)30(16-14-27(33)34)19-26(32)31(25)18-22-10-6-9-21-8-3-4-11-23(21)22;3-2(4,5)1(6)7/h3-4,6,8-13,17H,1-2,5,7,14-16,18-19,29H2,(H,33,34);(H,6,7). The first kappa shape index (κ1) is 32.1. The Morgan fingerprint density at radius 2 is 1.62 bits per heavy atom. The minimum Gasteiger partial charge on any atom is -0.481 e. The second-order valence-corrected chi connectivity index (χ2v) is 9.74. The quantitative estimate of drug-likeness (QED) is 0.294. The van der Waals surface area contributed by atoms with Gasteiger partial charge in [-0.1, -0.05) is 55.0 Å². The van der Waals surface area contributed by atoms with E-state index in [0.717, 1.165) is 47.6 Å². The second kappa shape index (κ2) is 14.4. The number of anilines is 1. The van der Waals surface area contributed by atoms with Gasteiger partial charge in [0.1, 0.15) is 6.54 Å². The van der Waals surface area contributed by atoms with Crippen molar-refractivity contribution in [1.82, 2.24) is 4.90 Å². The van der Waals surface area contributed by atoms with E-state index in [2.05, 4.69) is 0 Å². The highest BCUT2D eigenvalue weighted by Gasteiger charge is 2.38. The molecular weight excluding hydrogens is 555 g/mol. The lowest BCUT2D eigenvalue weighted by atomic mass is 10.0. The van der Waals surface area contributed by atoms with E-state index in [1.165, 1.54) is 4.90 Å². The van der Waals surface area contributed by atoms with Crippen molar-refractivity contribution < 1.29 is 42.6 Å². The van der Waals surface area contributed by atoms with Crippen LogP contribution in [0.1, 0.15) is 47.2 Å². The predicted molar refractivity (Wildman–Crippen MR) is 150 cm³/mol. The number of carboxylic acid groups (broad SMARTS) is 2. The fraction of sp³-hybridized carbons (Fsp3) is 0.333. The topological polar surface area (TPSA) is 141 Å². The van der Waals surface area contributed by atoms with Gasteiger partial charge in [0, 0.05) is 6.54 Å². The number of nitrogens with two attached hydrogens (primary N) is 1. The molecule has 0 aromatic heterocycles. The molecule has 0 saturated carbocycles. The second-order valence-electron chi connectivity index (χ2n) is 9.74. The molecule has 12 heteroatoms. The molecule has 3 aromatic carbocycles. The van der Waals surface area contributed by atoms with Crippen molar-refractivity contribution >= 4 is 40.2 Å². The monoisotopic (exact) mass is 587 g/mol. The maximum atomic E-state index is 13.5.